The summed E-state index contributed by atoms with van der Waals surface area (Å²) in [5.74, 6) is 0.405. The van der Waals surface area contributed by atoms with Gasteiger partial charge in [0, 0.05) is 61.3 Å². The number of piperazine rings is 1. The van der Waals surface area contributed by atoms with Crippen LogP contribution in [0.4, 0.5) is 0 Å². The Morgan fingerprint density at radius 3 is 2.66 bits per heavy atom. The normalized spacial score (nSPS) is 14.1. The summed E-state index contributed by atoms with van der Waals surface area (Å²) in [6.45, 7) is 7.79. The van der Waals surface area contributed by atoms with Crippen molar-refractivity contribution in [2.75, 3.05) is 32.8 Å². The van der Waals surface area contributed by atoms with E-state index in [0.717, 1.165) is 77.1 Å². The zero-order chi connectivity index (χ0) is 26.3. The molecular formula is C31H35N3O4. The second-order valence-electron chi connectivity index (χ2n) is 9.58. The van der Waals surface area contributed by atoms with Crippen molar-refractivity contribution in [2.45, 2.75) is 33.0 Å². The average molecular weight is 514 g/mol. The Balaban J connectivity index is 1.47. The average Bonchev–Trinajstić information content (AvgIpc) is 3.36. The van der Waals surface area contributed by atoms with Crippen molar-refractivity contribution in [2.24, 2.45) is 5.73 Å². The van der Waals surface area contributed by atoms with Crippen molar-refractivity contribution >= 4 is 16.9 Å². The van der Waals surface area contributed by atoms with Crippen molar-refractivity contribution in [3.8, 4) is 16.9 Å². The van der Waals surface area contributed by atoms with E-state index in [-0.39, 0.29) is 12.4 Å². The van der Waals surface area contributed by atoms with E-state index < -0.39 is 0 Å². The van der Waals surface area contributed by atoms with Gasteiger partial charge in [0.15, 0.2) is 0 Å². The summed E-state index contributed by atoms with van der Waals surface area (Å²) in [4.78, 5) is 14.5. The van der Waals surface area contributed by atoms with Crippen LogP contribution >= 0.6 is 0 Å². The van der Waals surface area contributed by atoms with Crippen LogP contribution in [0, 0.1) is 0 Å². The summed E-state index contributed by atoms with van der Waals surface area (Å²) in [5.41, 5.74) is 13.1. The van der Waals surface area contributed by atoms with Crippen molar-refractivity contribution in [1.29, 1.82) is 0 Å². The van der Waals surface area contributed by atoms with E-state index in [0.29, 0.717) is 25.5 Å². The largest absolute Gasteiger partial charge is 0.488 e. The first-order chi connectivity index (χ1) is 18.6. The Labute approximate surface area is 223 Å². The molecule has 198 valence electrons. The number of furan rings is 1. The third-order valence-electron chi connectivity index (χ3n) is 6.93. The number of benzene rings is 3. The predicted octanol–water partition coefficient (Wildman–Crippen LogP) is 4.65. The maximum Gasteiger partial charge on any atom is 0.310 e. The lowest BCUT2D eigenvalue weighted by atomic mass is 9.97. The van der Waals surface area contributed by atoms with Crippen LogP contribution in [0.5, 0.6) is 5.75 Å². The summed E-state index contributed by atoms with van der Waals surface area (Å²) < 4.78 is 17.5. The van der Waals surface area contributed by atoms with Crippen LogP contribution in [0.2, 0.25) is 0 Å². The summed E-state index contributed by atoms with van der Waals surface area (Å²) in [7, 11) is 0. The lowest BCUT2D eigenvalue weighted by Gasteiger charge is -2.27. The predicted molar refractivity (Wildman–Crippen MR) is 149 cm³/mol. The molecule has 3 N–H and O–H groups in total. The second kappa shape index (κ2) is 12.3. The number of nitrogens with zero attached hydrogens (tertiary/aromatic N) is 1. The molecule has 0 bridgehead atoms. The minimum atomic E-state index is -0.265. The van der Waals surface area contributed by atoms with E-state index in [1.807, 2.05) is 24.3 Å². The number of para-hydroxylation sites is 1. The number of esters is 1. The lowest BCUT2D eigenvalue weighted by Crippen LogP contribution is -2.42. The van der Waals surface area contributed by atoms with Gasteiger partial charge in [0.2, 0.25) is 0 Å². The molecule has 2 heterocycles. The first-order valence-electron chi connectivity index (χ1n) is 13.3. The van der Waals surface area contributed by atoms with Gasteiger partial charge in [-0.3, -0.25) is 9.69 Å². The van der Waals surface area contributed by atoms with Crippen LogP contribution in [0.3, 0.4) is 0 Å². The molecule has 7 heteroatoms. The van der Waals surface area contributed by atoms with Gasteiger partial charge in [0.05, 0.1) is 19.3 Å². The third kappa shape index (κ3) is 6.07. The minimum Gasteiger partial charge on any atom is -0.488 e. The Morgan fingerprint density at radius 2 is 1.84 bits per heavy atom. The number of hydrogen-bond acceptors (Lipinski definition) is 7. The monoisotopic (exact) mass is 513 g/mol. The highest BCUT2D eigenvalue weighted by Crippen LogP contribution is 2.33. The SMILES string of the molecule is CCOC(=O)Cc1ccccc1OCc1coc2c(CN3CCNCC3)cc(-c3cccc(CN)c3)cc12. The number of carbonyl (C=O) groups is 1. The molecule has 0 aliphatic carbocycles. The number of carbonyl (C=O) groups excluding carboxylic acids is 1. The topological polar surface area (TPSA) is 90.0 Å². The van der Waals surface area contributed by atoms with Gasteiger partial charge < -0.3 is 24.9 Å². The highest BCUT2D eigenvalue weighted by Gasteiger charge is 2.18. The fourth-order valence-electron chi connectivity index (χ4n) is 4.96. The van der Waals surface area contributed by atoms with Gasteiger partial charge in [-0.25, -0.2) is 0 Å². The maximum atomic E-state index is 12.1. The van der Waals surface area contributed by atoms with Crippen molar-refractivity contribution < 1.29 is 18.7 Å². The summed E-state index contributed by atoms with van der Waals surface area (Å²) >= 11 is 0. The van der Waals surface area contributed by atoms with E-state index in [1.54, 1.807) is 13.2 Å². The van der Waals surface area contributed by atoms with Gasteiger partial charge in [-0.1, -0.05) is 36.4 Å². The fourth-order valence-corrected chi connectivity index (χ4v) is 4.96. The van der Waals surface area contributed by atoms with Gasteiger partial charge in [-0.2, -0.15) is 0 Å². The van der Waals surface area contributed by atoms with E-state index in [4.69, 9.17) is 19.6 Å². The van der Waals surface area contributed by atoms with E-state index in [1.165, 1.54) is 0 Å². The molecule has 7 nitrogen and oxygen atoms in total. The zero-order valence-electron chi connectivity index (χ0n) is 21.9. The van der Waals surface area contributed by atoms with Crippen LogP contribution in [0.1, 0.15) is 29.2 Å². The number of fused-ring (bicyclic) bond motifs is 1. The van der Waals surface area contributed by atoms with E-state index >= 15 is 0 Å². The number of nitrogens with two attached hydrogens (primary N) is 1. The molecular weight excluding hydrogens is 478 g/mol. The molecule has 0 saturated carbocycles. The highest BCUT2D eigenvalue weighted by atomic mass is 16.5. The zero-order valence-corrected chi connectivity index (χ0v) is 21.9. The molecule has 4 aromatic rings. The van der Waals surface area contributed by atoms with Crippen LogP contribution in [-0.4, -0.2) is 43.7 Å². The fraction of sp³-hybridized carbons (Fsp3) is 0.323. The molecule has 0 atom stereocenters. The number of nitrogens with one attached hydrogen (secondary N) is 1. The standard InChI is InChI=1S/C31H35N3O4/c1-2-36-30(35)17-24-7-3-4-9-29(24)37-20-27-21-38-31-26(19-34-12-10-33-11-13-34)15-25(16-28(27)31)23-8-5-6-22(14-23)18-32/h3-9,14-16,21,33H,2,10-13,17-20,32H2,1H3. The van der Waals surface area contributed by atoms with Gasteiger partial charge in [0.25, 0.3) is 0 Å². The summed E-state index contributed by atoms with van der Waals surface area (Å²) in [6, 6.07) is 20.4. The number of rotatable bonds is 10. The Bertz CT molecular complexity index is 1390. The van der Waals surface area contributed by atoms with Gasteiger partial charge in [-0.05, 0) is 47.9 Å². The molecule has 0 unspecified atom stereocenters. The molecule has 1 aliphatic rings. The number of hydrogen-bond donors (Lipinski definition) is 2. The minimum absolute atomic E-state index is 0.173. The molecule has 5 rings (SSSR count). The number of ether oxygens (including phenoxy) is 2. The molecule has 38 heavy (non-hydrogen) atoms. The smallest absolute Gasteiger partial charge is 0.310 e. The molecule has 1 fully saturated rings. The quantitative estimate of drug-likeness (QED) is 0.298. The summed E-state index contributed by atoms with van der Waals surface area (Å²) in [5, 5.41) is 4.46. The molecule has 0 radical (unpaired) electrons. The first kappa shape index (κ1) is 26.0. The second-order valence-corrected chi connectivity index (χ2v) is 9.58. The highest BCUT2D eigenvalue weighted by molar-refractivity contribution is 5.89. The van der Waals surface area contributed by atoms with Crippen LogP contribution in [0.25, 0.3) is 22.1 Å². The van der Waals surface area contributed by atoms with Crippen molar-refractivity contribution in [3.05, 3.63) is 89.2 Å². The Hall–Kier alpha value is -3.65. The molecule has 3 aromatic carbocycles. The van der Waals surface area contributed by atoms with Crippen LogP contribution in [0.15, 0.2) is 71.3 Å². The molecule has 1 saturated heterocycles. The maximum absolute atomic E-state index is 12.1. The Morgan fingerprint density at radius 1 is 1.00 bits per heavy atom. The van der Waals surface area contributed by atoms with E-state index in [9.17, 15) is 4.79 Å². The molecule has 0 amide bonds. The molecule has 0 spiro atoms. The molecule has 1 aliphatic heterocycles. The summed E-state index contributed by atoms with van der Waals surface area (Å²) in [6.07, 6.45) is 1.96. The van der Waals surface area contributed by atoms with Gasteiger partial charge in [-0.15, -0.1) is 0 Å². The van der Waals surface area contributed by atoms with Gasteiger partial charge in [0.1, 0.15) is 17.9 Å². The van der Waals surface area contributed by atoms with Crippen LogP contribution in [-0.2, 0) is 35.6 Å². The third-order valence-corrected chi connectivity index (χ3v) is 6.93. The lowest BCUT2D eigenvalue weighted by molar-refractivity contribution is -0.142. The molecule has 1 aromatic heterocycles. The van der Waals surface area contributed by atoms with Gasteiger partial charge >= 0.3 is 5.97 Å². The van der Waals surface area contributed by atoms with Crippen molar-refractivity contribution in [1.82, 2.24) is 10.2 Å². The van der Waals surface area contributed by atoms with E-state index in [2.05, 4.69) is 46.6 Å². The Kier molecular flexibility index (Phi) is 8.38. The van der Waals surface area contributed by atoms with Crippen LogP contribution < -0.4 is 15.8 Å². The first-order valence-corrected chi connectivity index (χ1v) is 13.3. The van der Waals surface area contributed by atoms with Crippen molar-refractivity contribution in [3.63, 3.8) is 0 Å².